The summed E-state index contributed by atoms with van der Waals surface area (Å²) in [5, 5.41) is 3.07. The molecule has 0 radical (unpaired) electrons. The lowest BCUT2D eigenvalue weighted by Crippen LogP contribution is -2.31. The molecule has 0 aromatic heterocycles. The molecule has 0 amide bonds. The van der Waals surface area contributed by atoms with Gasteiger partial charge >= 0.3 is 0 Å². The number of rotatable bonds is 5. The van der Waals surface area contributed by atoms with Gasteiger partial charge < -0.3 is 5.32 Å². The summed E-state index contributed by atoms with van der Waals surface area (Å²) >= 11 is 0. The summed E-state index contributed by atoms with van der Waals surface area (Å²) in [6.45, 7) is 0. The molecule has 20 heavy (non-hydrogen) atoms. The Hall–Kier alpha value is -1.01. The molecular formula is C14H19F2NO2S. The minimum absolute atomic E-state index is 0.0513. The van der Waals surface area contributed by atoms with Gasteiger partial charge in [0, 0.05) is 6.04 Å². The lowest BCUT2D eigenvalue weighted by molar-refractivity contribution is 0.414. The standard InChI is InChI=1S/C14H19F2NO2S/c1-17-12(7-10-5-6-20(18,19)9-10)8-11-3-2-4-13(15)14(11)16/h2-4,10,12,17H,5-9H2,1H3. The average molecular weight is 303 g/mol. The maximum absolute atomic E-state index is 13.6. The third kappa shape index (κ3) is 3.76. The molecule has 2 rings (SSSR count). The van der Waals surface area contributed by atoms with Gasteiger partial charge in [-0.2, -0.15) is 0 Å². The maximum atomic E-state index is 13.6. The number of hydrogen-bond acceptors (Lipinski definition) is 3. The Morgan fingerprint density at radius 2 is 2.15 bits per heavy atom. The molecule has 2 atom stereocenters. The molecule has 1 aromatic carbocycles. The van der Waals surface area contributed by atoms with E-state index in [1.807, 2.05) is 0 Å². The van der Waals surface area contributed by atoms with Crippen molar-refractivity contribution in [2.75, 3.05) is 18.6 Å². The average Bonchev–Trinajstić information content (AvgIpc) is 2.73. The van der Waals surface area contributed by atoms with E-state index in [2.05, 4.69) is 5.32 Å². The zero-order valence-corrected chi connectivity index (χ0v) is 12.2. The van der Waals surface area contributed by atoms with Crippen LogP contribution in [-0.2, 0) is 16.3 Å². The van der Waals surface area contributed by atoms with Crippen molar-refractivity contribution in [1.29, 1.82) is 0 Å². The van der Waals surface area contributed by atoms with Gasteiger partial charge in [0.25, 0.3) is 0 Å². The van der Waals surface area contributed by atoms with Crippen molar-refractivity contribution in [3.05, 3.63) is 35.4 Å². The van der Waals surface area contributed by atoms with Crippen LogP contribution in [0.15, 0.2) is 18.2 Å². The van der Waals surface area contributed by atoms with E-state index in [9.17, 15) is 17.2 Å². The Bertz CT molecular complexity index is 575. The largest absolute Gasteiger partial charge is 0.317 e. The number of hydrogen-bond donors (Lipinski definition) is 1. The Morgan fingerprint density at radius 3 is 2.75 bits per heavy atom. The van der Waals surface area contributed by atoms with Gasteiger partial charge in [-0.1, -0.05) is 12.1 Å². The SMILES string of the molecule is CNC(Cc1cccc(F)c1F)CC1CCS(=O)(=O)C1. The molecule has 0 aliphatic carbocycles. The van der Waals surface area contributed by atoms with Gasteiger partial charge in [0.2, 0.25) is 0 Å². The van der Waals surface area contributed by atoms with Gasteiger partial charge in [0.1, 0.15) is 0 Å². The Morgan fingerprint density at radius 1 is 1.40 bits per heavy atom. The van der Waals surface area contributed by atoms with Crippen LogP contribution in [-0.4, -0.2) is 33.0 Å². The van der Waals surface area contributed by atoms with Gasteiger partial charge in [-0.05, 0) is 43.9 Å². The van der Waals surface area contributed by atoms with E-state index < -0.39 is 21.5 Å². The molecule has 1 saturated heterocycles. The molecule has 112 valence electrons. The molecule has 1 aromatic rings. The number of benzene rings is 1. The van der Waals surface area contributed by atoms with E-state index >= 15 is 0 Å². The van der Waals surface area contributed by atoms with Gasteiger partial charge in [-0.25, -0.2) is 17.2 Å². The molecule has 0 bridgehead atoms. The van der Waals surface area contributed by atoms with Crippen LogP contribution in [0.2, 0.25) is 0 Å². The third-order valence-corrected chi connectivity index (χ3v) is 5.69. The van der Waals surface area contributed by atoms with Crippen LogP contribution in [0.3, 0.4) is 0 Å². The highest BCUT2D eigenvalue weighted by molar-refractivity contribution is 7.91. The van der Waals surface area contributed by atoms with Crippen LogP contribution < -0.4 is 5.32 Å². The summed E-state index contributed by atoms with van der Waals surface area (Å²) in [5.74, 6) is -1.11. The Balaban J connectivity index is 2.01. The van der Waals surface area contributed by atoms with E-state index in [4.69, 9.17) is 0 Å². The van der Waals surface area contributed by atoms with Crippen molar-refractivity contribution >= 4 is 9.84 Å². The molecule has 6 heteroatoms. The van der Waals surface area contributed by atoms with E-state index in [1.54, 1.807) is 13.1 Å². The minimum atomic E-state index is -2.90. The second-order valence-corrected chi connectivity index (χ2v) is 7.64. The van der Waals surface area contributed by atoms with Crippen molar-refractivity contribution in [1.82, 2.24) is 5.32 Å². The van der Waals surface area contributed by atoms with Crippen LogP contribution in [0, 0.1) is 17.6 Å². The summed E-state index contributed by atoms with van der Waals surface area (Å²) in [6, 6.07) is 4.09. The lowest BCUT2D eigenvalue weighted by Gasteiger charge is -2.19. The summed E-state index contributed by atoms with van der Waals surface area (Å²) in [5.41, 5.74) is 0.324. The molecule has 1 fully saturated rings. The molecule has 1 heterocycles. The molecule has 0 saturated carbocycles. The molecular weight excluding hydrogens is 284 g/mol. The van der Waals surface area contributed by atoms with E-state index in [0.29, 0.717) is 24.8 Å². The number of likely N-dealkylation sites (N-methyl/N-ethyl adjacent to an activating group) is 1. The van der Waals surface area contributed by atoms with Crippen LogP contribution in [0.4, 0.5) is 8.78 Å². The van der Waals surface area contributed by atoms with Crippen LogP contribution >= 0.6 is 0 Å². The third-order valence-electron chi connectivity index (χ3n) is 3.85. The van der Waals surface area contributed by atoms with E-state index in [-0.39, 0.29) is 23.5 Å². The minimum Gasteiger partial charge on any atom is -0.317 e. The summed E-state index contributed by atoms with van der Waals surface area (Å²) < 4.78 is 49.7. The first kappa shape index (κ1) is 15.4. The summed E-state index contributed by atoms with van der Waals surface area (Å²) in [6.07, 6.45) is 1.68. The van der Waals surface area contributed by atoms with Gasteiger partial charge in [0.05, 0.1) is 11.5 Å². The van der Waals surface area contributed by atoms with Crippen LogP contribution in [0.5, 0.6) is 0 Å². The topological polar surface area (TPSA) is 46.2 Å². The molecule has 0 spiro atoms. The second-order valence-electron chi connectivity index (χ2n) is 5.41. The first-order chi connectivity index (χ1) is 9.41. The number of sulfone groups is 1. The smallest absolute Gasteiger partial charge is 0.162 e. The van der Waals surface area contributed by atoms with Crippen molar-refractivity contribution in [3.8, 4) is 0 Å². The molecule has 1 N–H and O–H groups in total. The Labute approximate surface area is 118 Å². The van der Waals surface area contributed by atoms with Crippen molar-refractivity contribution in [3.63, 3.8) is 0 Å². The zero-order valence-electron chi connectivity index (χ0n) is 11.4. The van der Waals surface area contributed by atoms with Crippen molar-refractivity contribution < 1.29 is 17.2 Å². The molecule has 1 aliphatic heterocycles. The maximum Gasteiger partial charge on any atom is 0.162 e. The second kappa shape index (κ2) is 6.18. The normalized spacial score (nSPS) is 22.9. The first-order valence-corrected chi connectivity index (χ1v) is 8.54. The number of halogens is 2. The van der Waals surface area contributed by atoms with Crippen molar-refractivity contribution in [2.45, 2.75) is 25.3 Å². The van der Waals surface area contributed by atoms with Crippen molar-refractivity contribution in [2.24, 2.45) is 5.92 Å². The fourth-order valence-corrected chi connectivity index (χ4v) is 4.62. The quantitative estimate of drug-likeness (QED) is 0.904. The van der Waals surface area contributed by atoms with Gasteiger partial charge in [0.15, 0.2) is 21.5 Å². The highest BCUT2D eigenvalue weighted by Crippen LogP contribution is 2.24. The summed E-state index contributed by atoms with van der Waals surface area (Å²) in [4.78, 5) is 0. The first-order valence-electron chi connectivity index (χ1n) is 6.72. The molecule has 2 unspecified atom stereocenters. The van der Waals surface area contributed by atoms with Crippen LogP contribution in [0.1, 0.15) is 18.4 Å². The fraction of sp³-hybridized carbons (Fsp3) is 0.571. The van der Waals surface area contributed by atoms with E-state index in [0.717, 1.165) is 6.07 Å². The monoisotopic (exact) mass is 303 g/mol. The fourth-order valence-electron chi connectivity index (χ4n) is 2.74. The van der Waals surface area contributed by atoms with Gasteiger partial charge in [-0.3, -0.25) is 0 Å². The predicted molar refractivity (Wildman–Crippen MR) is 74.3 cm³/mol. The lowest BCUT2D eigenvalue weighted by atomic mass is 9.94. The van der Waals surface area contributed by atoms with Gasteiger partial charge in [-0.15, -0.1) is 0 Å². The molecule has 3 nitrogen and oxygen atoms in total. The highest BCUT2D eigenvalue weighted by atomic mass is 32.2. The highest BCUT2D eigenvalue weighted by Gasteiger charge is 2.29. The zero-order chi connectivity index (χ0) is 14.8. The Kier molecular flexibility index (Phi) is 4.75. The predicted octanol–water partition coefficient (Wildman–Crippen LogP) is 1.92. The summed E-state index contributed by atoms with van der Waals surface area (Å²) in [7, 11) is -1.14. The molecule has 1 aliphatic rings. The van der Waals surface area contributed by atoms with E-state index in [1.165, 1.54) is 6.07 Å². The van der Waals surface area contributed by atoms with Crippen LogP contribution in [0.25, 0.3) is 0 Å². The number of nitrogens with one attached hydrogen (secondary N) is 1.